The molecule has 3 nitrogen and oxygen atoms in total. The highest BCUT2D eigenvalue weighted by Gasteiger charge is 2.25. The van der Waals surface area contributed by atoms with Crippen LogP contribution >= 0.6 is 11.3 Å². The van der Waals surface area contributed by atoms with Crippen LogP contribution in [0.5, 0.6) is 0 Å². The van der Waals surface area contributed by atoms with Gasteiger partial charge >= 0.3 is 11.5 Å². The standard InChI is InChI=1S/C12H13N2S.C2H3F3O.HI/c1-4-9-13(2)12-14(3)10-7-5-6-8-11(10)15-12;1-6-2(3,4)5;/h1,5-8H,9H2,2-3H3;1H3;1H/q+1;;/p-1. The molecule has 8 heteroatoms. The van der Waals surface area contributed by atoms with Crippen molar-refractivity contribution < 1.29 is 46.5 Å². The van der Waals surface area contributed by atoms with Crippen LogP contribution in [0.15, 0.2) is 24.3 Å². The Labute approximate surface area is 148 Å². The van der Waals surface area contributed by atoms with E-state index in [0.29, 0.717) is 13.7 Å². The molecule has 2 rings (SSSR count). The van der Waals surface area contributed by atoms with Crippen molar-refractivity contribution in [1.82, 2.24) is 0 Å². The number of para-hydroxylation sites is 1. The average Bonchev–Trinajstić information content (AvgIpc) is 2.77. The molecule has 0 N–H and O–H groups in total. The summed E-state index contributed by atoms with van der Waals surface area (Å²) in [6.07, 6.45) is 0.856. The van der Waals surface area contributed by atoms with E-state index in [0.717, 1.165) is 0 Å². The first-order valence-corrected chi connectivity index (χ1v) is 6.76. The Kier molecular flexibility index (Phi) is 8.73. The highest BCUT2D eigenvalue weighted by Crippen LogP contribution is 2.25. The third-order valence-electron chi connectivity index (χ3n) is 2.60. The first-order chi connectivity index (χ1) is 9.80. The lowest BCUT2D eigenvalue weighted by Crippen LogP contribution is -3.00. The first-order valence-electron chi connectivity index (χ1n) is 5.94. The second-order valence-electron chi connectivity index (χ2n) is 4.12. The number of terminal acetylenes is 1. The van der Waals surface area contributed by atoms with Gasteiger partial charge in [0.2, 0.25) is 0 Å². The number of methoxy groups -OCH3 is 1. The smallest absolute Gasteiger partial charge is 0.522 e. The molecule has 0 radical (unpaired) electrons. The lowest BCUT2D eigenvalue weighted by molar-refractivity contribution is -0.628. The number of halogens is 4. The molecule has 122 valence electrons. The number of aromatic nitrogens is 1. The molecule has 0 unspecified atom stereocenters. The Balaban J connectivity index is 0.000000546. The van der Waals surface area contributed by atoms with E-state index in [2.05, 4.69) is 51.4 Å². The fourth-order valence-electron chi connectivity index (χ4n) is 1.63. The SMILES string of the molecule is C#CCN(C)c1sc2ccccc2[n+]1C.COC(F)(F)F.[I-]. The zero-order chi connectivity index (χ0) is 16.0. The van der Waals surface area contributed by atoms with Gasteiger partial charge in [-0.1, -0.05) is 18.1 Å². The van der Waals surface area contributed by atoms with E-state index in [1.165, 1.54) is 15.3 Å². The Morgan fingerprint density at radius 3 is 2.36 bits per heavy atom. The lowest BCUT2D eigenvalue weighted by Gasteiger charge is -2.05. The number of nitrogens with zero attached hydrogens (tertiary/aromatic N) is 2. The van der Waals surface area contributed by atoms with E-state index in [4.69, 9.17) is 6.42 Å². The third kappa shape index (κ3) is 5.98. The number of rotatable bonds is 2. The first kappa shape index (κ1) is 20.9. The maximum Gasteiger partial charge on any atom is 0.522 e. The zero-order valence-electron chi connectivity index (χ0n) is 12.3. The van der Waals surface area contributed by atoms with Gasteiger partial charge in [0.15, 0.2) is 0 Å². The Bertz CT molecular complexity index is 637. The molecule has 0 aliphatic rings. The molecule has 0 saturated heterocycles. The molecule has 0 aliphatic carbocycles. The van der Waals surface area contributed by atoms with E-state index in [1.807, 2.05) is 7.05 Å². The molecule has 0 fully saturated rings. The summed E-state index contributed by atoms with van der Waals surface area (Å²) in [7, 11) is 4.67. The zero-order valence-corrected chi connectivity index (χ0v) is 15.3. The van der Waals surface area contributed by atoms with E-state index in [-0.39, 0.29) is 24.0 Å². The van der Waals surface area contributed by atoms with Crippen LogP contribution in [0.3, 0.4) is 0 Å². The number of thiazole rings is 1. The quantitative estimate of drug-likeness (QED) is 0.367. The van der Waals surface area contributed by atoms with Gasteiger partial charge in [0.05, 0.1) is 18.8 Å². The minimum Gasteiger partial charge on any atom is -1.00 e. The monoisotopic (exact) mass is 444 g/mol. The van der Waals surface area contributed by atoms with Crippen LogP contribution in [0.2, 0.25) is 0 Å². The summed E-state index contributed by atoms with van der Waals surface area (Å²) in [5, 5.41) is 1.19. The minimum absolute atomic E-state index is 0. The fraction of sp³-hybridized carbons (Fsp3) is 0.357. The molecule has 0 amide bonds. The topological polar surface area (TPSA) is 16.4 Å². The number of aryl methyl sites for hydroxylation is 1. The predicted octanol–water partition coefficient (Wildman–Crippen LogP) is -0.0482. The van der Waals surface area contributed by atoms with Gasteiger partial charge in [-0.2, -0.15) is 0 Å². The molecule has 0 bridgehead atoms. The normalized spacial score (nSPS) is 10.2. The Hall–Kier alpha value is -1.05. The summed E-state index contributed by atoms with van der Waals surface area (Å²) in [6.45, 7) is 0.640. The summed E-state index contributed by atoms with van der Waals surface area (Å²) < 4.78 is 38.1. The van der Waals surface area contributed by atoms with Crippen LogP contribution in [0, 0.1) is 12.3 Å². The number of alkyl halides is 3. The molecule has 1 aromatic heterocycles. The number of ether oxygens (including phenoxy) is 1. The van der Waals surface area contributed by atoms with Crippen molar-refractivity contribution in [2.45, 2.75) is 6.36 Å². The second kappa shape index (κ2) is 9.17. The van der Waals surface area contributed by atoms with Crippen molar-refractivity contribution >= 4 is 26.7 Å². The molecular formula is C14H16F3IN2OS. The second-order valence-corrected chi connectivity index (χ2v) is 5.13. The molecule has 0 aliphatic heterocycles. The van der Waals surface area contributed by atoms with Gasteiger partial charge < -0.3 is 24.0 Å². The molecule has 1 aromatic carbocycles. The highest BCUT2D eigenvalue weighted by molar-refractivity contribution is 7.21. The van der Waals surface area contributed by atoms with Crippen LogP contribution in [0.25, 0.3) is 10.2 Å². The van der Waals surface area contributed by atoms with Gasteiger partial charge in [-0.25, -0.2) is 9.47 Å². The summed E-state index contributed by atoms with van der Waals surface area (Å²) in [4.78, 5) is 2.09. The van der Waals surface area contributed by atoms with Crippen molar-refractivity contribution in [1.29, 1.82) is 0 Å². The number of fused-ring (bicyclic) bond motifs is 1. The van der Waals surface area contributed by atoms with Gasteiger partial charge in [0, 0.05) is 7.11 Å². The van der Waals surface area contributed by atoms with Gasteiger partial charge in [0.25, 0.3) is 0 Å². The maximum absolute atomic E-state index is 10.6. The van der Waals surface area contributed by atoms with Crippen molar-refractivity contribution in [2.75, 3.05) is 25.6 Å². The number of hydrogen-bond donors (Lipinski definition) is 0. The fourth-order valence-corrected chi connectivity index (χ4v) is 2.74. The van der Waals surface area contributed by atoms with Crippen molar-refractivity contribution in [3.63, 3.8) is 0 Å². The van der Waals surface area contributed by atoms with Gasteiger partial charge in [-0.3, -0.25) is 4.74 Å². The molecule has 22 heavy (non-hydrogen) atoms. The van der Waals surface area contributed by atoms with Crippen molar-refractivity contribution in [3.8, 4) is 12.3 Å². The van der Waals surface area contributed by atoms with E-state index < -0.39 is 6.36 Å². The Morgan fingerprint density at radius 2 is 1.91 bits per heavy atom. The molecule has 0 spiro atoms. The molecule has 0 saturated carbocycles. The van der Waals surface area contributed by atoms with E-state index in [9.17, 15) is 13.2 Å². The minimum atomic E-state index is -4.46. The Morgan fingerprint density at radius 1 is 1.36 bits per heavy atom. The largest absolute Gasteiger partial charge is 1.00 e. The predicted molar refractivity (Wildman–Crippen MR) is 78.2 cm³/mol. The van der Waals surface area contributed by atoms with Crippen LogP contribution in [-0.4, -0.2) is 27.1 Å². The molecule has 0 atom stereocenters. The van der Waals surface area contributed by atoms with Crippen molar-refractivity contribution in [2.24, 2.45) is 7.05 Å². The number of benzene rings is 1. The highest BCUT2D eigenvalue weighted by atomic mass is 127. The molecule has 2 aromatic rings. The van der Waals surface area contributed by atoms with Crippen LogP contribution in [0.1, 0.15) is 0 Å². The lowest BCUT2D eigenvalue weighted by atomic mass is 10.3. The molecular weight excluding hydrogens is 428 g/mol. The van der Waals surface area contributed by atoms with Crippen LogP contribution in [0.4, 0.5) is 18.3 Å². The molecule has 1 heterocycles. The summed E-state index contributed by atoms with van der Waals surface area (Å²) >= 11 is 1.77. The average molecular weight is 444 g/mol. The summed E-state index contributed by atoms with van der Waals surface area (Å²) in [6, 6.07) is 8.37. The van der Waals surface area contributed by atoms with E-state index in [1.54, 1.807) is 11.3 Å². The van der Waals surface area contributed by atoms with Gasteiger partial charge in [-0.15, -0.1) is 19.6 Å². The van der Waals surface area contributed by atoms with Gasteiger partial charge in [0.1, 0.15) is 12.1 Å². The summed E-state index contributed by atoms with van der Waals surface area (Å²) in [5.74, 6) is 2.66. The number of hydrogen-bond acceptors (Lipinski definition) is 3. The number of anilines is 1. The third-order valence-corrected chi connectivity index (χ3v) is 3.93. The van der Waals surface area contributed by atoms with E-state index >= 15 is 0 Å². The van der Waals surface area contributed by atoms with Crippen molar-refractivity contribution in [3.05, 3.63) is 24.3 Å². The van der Waals surface area contributed by atoms with Gasteiger partial charge in [-0.05, 0) is 23.5 Å². The summed E-state index contributed by atoms with van der Waals surface area (Å²) in [5.41, 5.74) is 1.25. The van der Waals surface area contributed by atoms with Crippen LogP contribution < -0.4 is 33.4 Å². The maximum atomic E-state index is 10.6. The van der Waals surface area contributed by atoms with Crippen LogP contribution in [-0.2, 0) is 11.8 Å².